The summed E-state index contributed by atoms with van der Waals surface area (Å²) in [5.41, 5.74) is 2.20. The molecule has 2 heteroatoms. The summed E-state index contributed by atoms with van der Waals surface area (Å²) >= 11 is 0. The van der Waals surface area contributed by atoms with Gasteiger partial charge in [0.05, 0.1) is 8.07 Å². The smallest absolute Gasteiger partial charge is 0.152 e. The number of rotatable bonds is 3. The van der Waals surface area contributed by atoms with Crippen LogP contribution in [-0.2, 0) is 4.79 Å². The quantitative estimate of drug-likeness (QED) is 0.359. The Balaban J connectivity index is 3.88. The second kappa shape index (κ2) is 4.29. The van der Waals surface area contributed by atoms with Gasteiger partial charge in [-0.15, -0.1) is 0 Å². The summed E-state index contributed by atoms with van der Waals surface area (Å²) in [5.74, 6) is 0.102. The Morgan fingerprint density at radius 1 is 1.18 bits per heavy atom. The molecule has 0 aliphatic heterocycles. The largest absolute Gasteiger partial charge is 0.295 e. The van der Waals surface area contributed by atoms with E-state index in [1.54, 1.807) is 19.1 Å². The lowest BCUT2D eigenvalue weighted by molar-refractivity contribution is -0.112. The molecule has 0 aromatic heterocycles. The van der Waals surface area contributed by atoms with E-state index in [1.807, 2.05) is 6.08 Å². The summed E-state index contributed by atoms with van der Waals surface area (Å²) < 4.78 is 0. The van der Waals surface area contributed by atoms with Gasteiger partial charge in [0, 0.05) is 0 Å². The molecule has 0 spiro atoms. The van der Waals surface area contributed by atoms with E-state index in [9.17, 15) is 4.79 Å². The van der Waals surface area contributed by atoms with Gasteiger partial charge < -0.3 is 0 Å². The van der Waals surface area contributed by atoms with Crippen molar-refractivity contribution in [3.05, 3.63) is 23.9 Å². The Bertz CT molecular complexity index is 184. The summed E-state index contributed by atoms with van der Waals surface area (Å²) in [6.07, 6.45) is 5.35. The molecule has 0 unspecified atom stereocenters. The number of hydrogen-bond acceptors (Lipinski definition) is 1. The summed E-state index contributed by atoms with van der Waals surface area (Å²) in [6, 6.07) is 0. The van der Waals surface area contributed by atoms with E-state index in [-0.39, 0.29) is 5.78 Å². The van der Waals surface area contributed by atoms with Crippen LogP contribution < -0.4 is 0 Å². The minimum atomic E-state index is -1.07. The van der Waals surface area contributed by atoms with Gasteiger partial charge in [-0.25, -0.2) is 0 Å². The SMILES string of the molecule is CC(=O)/C=C/C=C\[Si](C)(C)C. The van der Waals surface area contributed by atoms with Crippen LogP contribution >= 0.6 is 0 Å². The number of allylic oxidation sites excluding steroid dienone is 3. The highest BCUT2D eigenvalue weighted by Gasteiger charge is 2.05. The van der Waals surface area contributed by atoms with Gasteiger partial charge in [-0.05, 0) is 13.0 Å². The lowest BCUT2D eigenvalue weighted by Crippen LogP contribution is -2.14. The molecule has 0 fully saturated rings. The van der Waals surface area contributed by atoms with Crippen molar-refractivity contribution in [1.82, 2.24) is 0 Å². The Hall–Kier alpha value is -0.633. The molecule has 0 bridgehead atoms. The van der Waals surface area contributed by atoms with Crippen molar-refractivity contribution in [1.29, 1.82) is 0 Å². The molecule has 0 aliphatic rings. The van der Waals surface area contributed by atoms with Crippen LogP contribution in [0.2, 0.25) is 19.6 Å². The predicted octanol–water partition coefficient (Wildman–Crippen LogP) is 2.57. The monoisotopic (exact) mass is 168 g/mol. The molecule has 0 saturated carbocycles. The van der Waals surface area contributed by atoms with Crippen LogP contribution in [0.4, 0.5) is 0 Å². The van der Waals surface area contributed by atoms with Crippen molar-refractivity contribution < 1.29 is 4.79 Å². The summed E-state index contributed by atoms with van der Waals surface area (Å²) in [6.45, 7) is 8.32. The Morgan fingerprint density at radius 2 is 1.73 bits per heavy atom. The highest BCUT2D eigenvalue weighted by Crippen LogP contribution is 2.01. The fourth-order valence-corrected chi connectivity index (χ4v) is 1.22. The van der Waals surface area contributed by atoms with Crippen LogP contribution in [0.1, 0.15) is 6.92 Å². The molecular weight excluding hydrogens is 152 g/mol. The van der Waals surface area contributed by atoms with E-state index in [2.05, 4.69) is 25.3 Å². The molecule has 0 amide bonds. The van der Waals surface area contributed by atoms with Crippen LogP contribution in [0.5, 0.6) is 0 Å². The molecule has 0 heterocycles. The van der Waals surface area contributed by atoms with Crippen LogP contribution in [0.3, 0.4) is 0 Å². The molecule has 62 valence electrons. The van der Waals surface area contributed by atoms with Crippen molar-refractivity contribution >= 4 is 13.9 Å². The topological polar surface area (TPSA) is 17.1 Å². The zero-order valence-electron chi connectivity index (χ0n) is 7.72. The fraction of sp³-hybridized carbons (Fsp3) is 0.444. The number of carbonyl (C=O) groups is 1. The third-order valence-corrected chi connectivity index (χ3v) is 2.23. The third kappa shape index (κ3) is 9.37. The highest BCUT2D eigenvalue weighted by atomic mass is 28.3. The van der Waals surface area contributed by atoms with Gasteiger partial charge in [-0.1, -0.05) is 37.5 Å². The van der Waals surface area contributed by atoms with Crippen LogP contribution in [-0.4, -0.2) is 13.9 Å². The van der Waals surface area contributed by atoms with Crippen molar-refractivity contribution in [2.45, 2.75) is 26.6 Å². The highest BCUT2D eigenvalue weighted by molar-refractivity contribution is 6.80. The first-order valence-electron chi connectivity index (χ1n) is 3.78. The molecule has 0 aliphatic carbocycles. The van der Waals surface area contributed by atoms with Crippen LogP contribution in [0.25, 0.3) is 0 Å². The second-order valence-electron chi connectivity index (χ2n) is 3.69. The van der Waals surface area contributed by atoms with Crippen molar-refractivity contribution in [2.75, 3.05) is 0 Å². The van der Waals surface area contributed by atoms with Gasteiger partial charge in [-0.2, -0.15) is 0 Å². The van der Waals surface area contributed by atoms with Gasteiger partial charge in [0.15, 0.2) is 5.78 Å². The molecule has 0 N–H and O–H groups in total. The summed E-state index contributed by atoms with van der Waals surface area (Å²) in [4.78, 5) is 10.5. The van der Waals surface area contributed by atoms with Gasteiger partial charge in [0.1, 0.15) is 0 Å². The average molecular weight is 168 g/mol. The lowest BCUT2D eigenvalue weighted by atomic mass is 10.4. The fourth-order valence-electron chi connectivity index (χ4n) is 0.535. The van der Waals surface area contributed by atoms with E-state index in [4.69, 9.17) is 0 Å². The normalized spacial score (nSPS) is 13.1. The first-order chi connectivity index (χ1) is 4.92. The third-order valence-electron chi connectivity index (χ3n) is 1.04. The van der Waals surface area contributed by atoms with Gasteiger partial charge in [0.2, 0.25) is 0 Å². The minimum Gasteiger partial charge on any atom is -0.295 e. The molecule has 11 heavy (non-hydrogen) atoms. The van der Waals surface area contributed by atoms with Crippen LogP contribution in [0, 0.1) is 0 Å². The Kier molecular flexibility index (Phi) is 4.04. The zero-order valence-corrected chi connectivity index (χ0v) is 8.72. The first-order valence-corrected chi connectivity index (χ1v) is 7.36. The Morgan fingerprint density at radius 3 is 2.09 bits per heavy atom. The molecule has 0 rings (SSSR count). The molecule has 0 atom stereocenters. The molecular formula is C9H16OSi. The predicted molar refractivity (Wildman–Crippen MR) is 52.3 cm³/mol. The van der Waals surface area contributed by atoms with E-state index in [1.165, 1.54) is 0 Å². The summed E-state index contributed by atoms with van der Waals surface area (Å²) in [5, 5.41) is 0. The minimum absolute atomic E-state index is 0.102. The van der Waals surface area contributed by atoms with E-state index < -0.39 is 8.07 Å². The zero-order chi connectivity index (χ0) is 8.91. The molecule has 0 radical (unpaired) electrons. The summed E-state index contributed by atoms with van der Waals surface area (Å²) in [7, 11) is -1.07. The lowest BCUT2D eigenvalue weighted by Gasteiger charge is -2.06. The standard InChI is InChI=1S/C9H16OSi/c1-9(10)7-5-6-8-11(2,3)4/h5-8H,1-4H3/b7-5+,8-6-. The van der Waals surface area contributed by atoms with Crippen molar-refractivity contribution in [2.24, 2.45) is 0 Å². The van der Waals surface area contributed by atoms with E-state index in [0.29, 0.717) is 0 Å². The average Bonchev–Trinajstić information content (AvgIpc) is 1.78. The number of hydrogen-bond donors (Lipinski definition) is 0. The molecule has 0 aromatic carbocycles. The maximum Gasteiger partial charge on any atom is 0.152 e. The van der Waals surface area contributed by atoms with Gasteiger partial charge in [0.25, 0.3) is 0 Å². The maximum atomic E-state index is 10.5. The maximum absolute atomic E-state index is 10.5. The van der Waals surface area contributed by atoms with E-state index >= 15 is 0 Å². The first kappa shape index (κ1) is 10.4. The number of carbonyl (C=O) groups excluding carboxylic acids is 1. The van der Waals surface area contributed by atoms with Gasteiger partial charge >= 0.3 is 0 Å². The van der Waals surface area contributed by atoms with Crippen LogP contribution in [0.15, 0.2) is 23.9 Å². The Labute approximate surface area is 69.8 Å². The molecule has 0 aromatic rings. The van der Waals surface area contributed by atoms with Crippen molar-refractivity contribution in [3.8, 4) is 0 Å². The number of ketones is 1. The molecule has 0 saturated heterocycles. The molecule has 1 nitrogen and oxygen atoms in total. The van der Waals surface area contributed by atoms with E-state index in [0.717, 1.165) is 0 Å². The second-order valence-corrected chi connectivity index (χ2v) is 8.76. The van der Waals surface area contributed by atoms with Crippen molar-refractivity contribution in [3.63, 3.8) is 0 Å². The van der Waals surface area contributed by atoms with Gasteiger partial charge in [-0.3, -0.25) is 4.79 Å².